The second-order valence-electron chi connectivity index (χ2n) is 5.14. The third-order valence-corrected chi connectivity index (χ3v) is 4.69. The monoisotopic (exact) mass is 266 g/mol. The molecule has 3 N–H and O–H groups in total. The highest BCUT2D eigenvalue weighted by molar-refractivity contribution is 7.12. The predicted molar refractivity (Wildman–Crippen MR) is 75.7 cm³/mol. The van der Waals surface area contributed by atoms with Crippen LogP contribution in [0.15, 0.2) is 12.1 Å². The minimum Gasteiger partial charge on any atom is -0.353 e. The summed E-state index contributed by atoms with van der Waals surface area (Å²) in [5.74, 6) is 0.606. The van der Waals surface area contributed by atoms with Gasteiger partial charge in [0.15, 0.2) is 0 Å². The van der Waals surface area contributed by atoms with E-state index in [1.54, 1.807) is 11.3 Å². The number of nitrogens with one attached hydrogen (secondary N) is 1. The highest BCUT2D eigenvalue weighted by Gasteiger charge is 2.25. The molecule has 1 aromatic rings. The third-order valence-electron chi connectivity index (χ3n) is 3.69. The second-order valence-corrected chi connectivity index (χ2v) is 6.52. The van der Waals surface area contributed by atoms with Crippen LogP contribution in [-0.4, -0.2) is 18.5 Å². The Labute approximate surface area is 113 Å². The molecule has 0 spiro atoms. The van der Waals surface area contributed by atoms with E-state index >= 15 is 0 Å². The molecule has 4 heteroatoms. The van der Waals surface area contributed by atoms with Gasteiger partial charge in [0.05, 0.1) is 6.42 Å². The lowest BCUT2D eigenvalue weighted by Gasteiger charge is -2.31. The van der Waals surface area contributed by atoms with E-state index < -0.39 is 0 Å². The van der Waals surface area contributed by atoms with Crippen molar-refractivity contribution in [2.24, 2.45) is 11.7 Å². The Morgan fingerprint density at radius 2 is 2.22 bits per heavy atom. The Kier molecular flexibility index (Phi) is 4.78. The van der Waals surface area contributed by atoms with E-state index in [0.717, 1.165) is 17.7 Å². The van der Waals surface area contributed by atoms with Gasteiger partial charge in [0.1, 0.15) is 0 Å². The molecule has 0 radical (unpaired) electrons. The minimum absolute atomic E-state index is 0.141. The molecule has 2 unspecified atom stereocenters. The van der Waals surface area contributed by atoms with Crippen molar-refractivity contribution in [1.29, 1.82) is 0 Å². The number of thiophene rings is 1. The van der Waals surface area contributed by atoms with Crippen LogP contribution >= 0.6 is 11.3 Å². The maximum absolute atomic E-state index is 12.0. The van der Waals surface area contributed by atoms with Crippen LogP contribution in [-0.2, 0) is 11.2 Å². The van der Waals surface area contributed by atoms with Gasteiger partial charge >= 0.3 is 0 Å². The summed E-state index contributed by atoms with van der Waals surface area (Å²) in [4.78, 5) is 14.4. The fraction of sp³-hybridized carbons (Fsp3) is 0.643. The standard InChI is InChI=1S/C14H22N2OS/c1-10-6-7-12(18-10)8-14(17)16-13-5-3-2-4-11(13)9-15/h6-7,11,13H,2-5,8-9,15H2,1H3,(H,16,17). The first-order valence-electron chi connectivity index (χ1n) is 6.74. The fourth-order valence-corrected chi connectivity index (χ4v) is 3.56. The number of carbonyl (C=O) groups excluding carboxylic acids is 1. The van der Waals surface area contributed by atoms with Gasteiger partial charge in [-0.25, -0.2) is 0 Å². The molecule has 2 rings (SSSR count). The molecule has 1 aliphatic rings. The van der Waals surface area contributed by atoms with Crippen molar-refractivity contribution in [3.8, 4) is 0 Å². The molecule has 1 amide bonds. The number of carbonyl (C=O) groups is 1. The largest absolute Gasteiger partial charge is 0.353 e. The zero-order valence-corrected chi connectivity index (χ0v) is 11.8. The Hall–Kier alpha value is -0.870. The number of hydrogen-bond acceptors (Lipinski definition) is 3. The summed E-state index contributed by atoms with van der Waals surface area (Å²) in [5.41, 5.74) is 5.78. The van der Waals surface area contributed by atoms with E-state index in [0.29, 0.717) is 18.9 Å². The van der Waals surface area contributed by atoms with Gasteiger partial charge in [0.25, 0.3) is 0 Å². The Bertz CT molecular complexity index is 402. The molecule has 1 aliphatic carbocycles. The van der Waals surface area contributed by atoms with Crippen molar-refractivity contribution in [1.82, 2.24) is 5.32 Å². The fourth-order valence-electron chi connectivity index (χ4n) is 2.68. The average Bonchev–Trinajstić information content (AvgIpc) is 2.75. The van der Waals surface area contributed by atoms with Crippen LogP contribution in [0.4, 0.5) is 0 Å². The molecule has 1 aromatic heterocycles. The lowest BCUT2D eigenvalue weighted by molar-refractivity contribution is -0.121. The van der Waals surface area contributed by atoms with Gasteiger partial charge in [0, 0.05) is 15.8 Å². The number of nitrogens with two attached hydrogens (primary N) is 1. The van der Waals surface area contributed by atoms with Crippen molar-refractivity contribution in [2.45, 2.75) is 45.1 Å². The predicted octanol–water partition coefficient (Wildman–Crippen LogP) is 2.23. The summed E-state index contributed by atoms with van der Waals surface area (Å²) in [6.45, 7) is 2.75. The molecule has 0 saturated heterocycles. The smallest absolute Gasteiger partial charge is 0.225 e. The Balaban J connectivity index is 1.86. The molecule has 2 atom stereocenters. The normalized spacial score (nSPS) is 23.9. The third kappa shape index (κ3) is 3.56. The highest BCUT2D eigenvalue weighted by Crippen LogP contribution is 2.24. The van der Waals surface area contributed by atoms with Crippen LogP contribution in [0.25, 0.3) is 0 Å². The van der Waals surface area contributed by atoms with E-state index in [-0.39, 0.29) is 11.9 Å². The first-order valence-corrected chi connectivity index (χ1v) is 7.55. The summed E-state index contributed by atoms with van der Waals surface area (Å²) in [5, 5.41) is 3.17. The van der Waals surface area contributed by atoms with Gasteiger partial charge in [-0.15, -0.1) is 11.3 Å². The van der Waals surface area contributed by atoms with E-state index in [9.17, 15) is 4.79 Å². The summed E-state index contributed by atoms with van der Waals surface area (Å²) >= 11 is 1.70. The van der Waals surface area contributed by atoms with Crippen LogP contribution < -0.4 is 11.1 Å². The Morgan fingerprint density at radius 3 is 2.89 bits per heavy atom. The lowest BCUT2D eigenvalue weighted by atomic mass is 9.84. The first kappa shape index (κ1) is 13.6. The van der Waals surface area contributed by atoms with Crippen LogP contribution in [0.1, 0.15) is 35.4 Å². The number of hydrogen-bond donors (Lipinski definition) is 2. The number of rotatable bonds is 4. The van der Waals surface area contributed by atoms with Crippen molar-refractivity contribution >= 4 is 17.2 Å². The summed E-state index contributed by atoms with van der Waals surface area (Å²) in [6, 6.07) is 4.40. The van der Waals surface area contributed by atoms with Crippen molar-refractivity contribution in [3.63, 3.8) is 0 Å². The average molecular weight is 266 g/mol. The molecule has 1 saturated carbocycles. The van der Waals surface area contributed by atoms with Crippen LogP contribution in [0.2, 0.25) is 0 Å². The van der Waals surface area contributed by atoms with Crippen molar-refractivity contribution < 1.29 is 4.79 Å². The molecule has 0 aliphatic heterocycles. The quantitative estimate of drug-likeness (QED) is 0.878. The van der Waals surface area contributed by atoms with Gasteiger partial charge in [-0.1, -0.05) is 12.8 Å². The molecule has 3 nitrogen and oxygen atoms in total. The molecule has 18 heavy (non-hydrogen) atoms. The first-order chi connectivity index (χ1) is 8.69. The van der Waals surface area contributed by atoms with E-state index in [1.165, 1.54) is 17.7 Å². The lowest BCUT2D eigenvalue weighted by Crippen LogP contribution is -2.45. The molecular formula is C14H22N2OS. The van der Waals surface area contributed by atoms with Crippen LogP contribution in [0.5, 0.6) is 0 Å². The highest BCUT2D eigenvalue weighted by atomic mass is 32.1. The zero-order chi connectivity index (χ0) is 13.0. The summed E-state index contributed by atoms with van der Waals surface area (Å²) < 4.78 is 0. The van der Waals surface area contributed by atoms with E-state index in [4.69, 9.17) is 5.73 Å². The second kappa shape index (κ2) is 6.34. The molecule has 100 valence electrons. The molecule has 1 fully saturated rings. The van der Waals surface area contributed by atoms with Crippen LogP contribution in [0.3, 0.4) is 0 Å². The van der Waals surface area contributed by atoms with Gasteiger partial charge in [-0.05, 0) is 44.4 Å². The van der Waals surface area contributed by atoms with Crippen molar-refractivity contribution in [3.05, 3.63) is 21.9 Å². The van der Waals surface area contributed by atoms with E-state index in [2.05, 4.69) is 18.3 Å². The Morgan fingerprint density at radius 1 is 1.44 bits per heavy atom. The van der Waals surface area contributed by atoms with Gasteiger partial charge < -0.3 is 11.1 Å². The summed E-state index contributed by atoms with van der Waals surface area (Å²) in [7, 11) is 0. The van der Waals surface area contributed by atoms with E-state index in [1.807, 2.05) is 6.07 Å². The topological polar surface area (TPSA) is 55.1 Å². The minimum atomic E-state index is 0.141. The number of aryl methyl sites for hydroxylation is 1. The van der Waals surface area contributed by atoms with Gasteiger partial charge in [-0.2, -0.15) is 0 Å². The molecule has 0 bridgehead atoms. The molecule has 1 heterocycles. The van der Waals surface area contributed by atoms with Crippen molar-refractivity contribution in [2.75, 3.05) is 6.54 Å². The van der Waals surface area contributed by atoms with Gasteiger partial charge in [-0.3, -0.25) is 4.79 Å². The van der Waals surface area contributed by atoms with Gasteiger partial charge in [0.2, 0.25) is 5.91 Å². The SMILES string of the molecule is Cc1ccc(CC(=O)NC2CCCCC2CN)s1. The maximum Gasteiger partial charge on any atom is 0.225 e. The number of amides is 1. The maximum atomic E-state index is 12.0. The van der Waals surface area contributed by atoms with Crippen LogP contribution in [0, 0.1) is 12.8 Å². The zero-order valence-electron chi connectivity index (χ0n) is 10.9. The molecular weight excluding hydrogens is 244 g/mol. The molecule has 0 aromatic carbocycles. The summed E-state index contributed by atoms with van der Waals surface area (Å²) in [6.07, 6.45) is 5.20.